The van der Waals surface area contributed by atoms with Gasteiger partial charge in [-0.05, 0) is 19.1 Å². The molecule has 0 saturated heterocycles. The summed E-state index contributed by atoms with van der Waals surface area (Å²) in [6, 6.07) is 5.28. The molecule has 0 fully saturated rings. The molecule has 0 radical (unpaired) electrons. The van der Waals surface area contributed by atoms with Crippen molar-refractivity contribution in [2.75, 3.05) is 13.1 Å². The van der Waals surface area contributed by atoms with Crippen LogP contribution in [0.25, 0.3) is 0 Å². The Morgan fingerprint density at radius 3 is 2.47 bits per heavy atom. The maximum Gasteiger partial charge on any atom is 0.228 e. The number of amides is 1. The van der Waals surface area contributed by atoms with Crippen LogP contribution in [-0.2, 0) is 11.2 Å². The molecule has 3 nitrogen and oxygen atoms in total. The average molecular weight is 238 g/mol. The fourth-order valence-corrected chi connectivity index (χ4v) is 1.43. The summed E-state index contributed by atoms with van der Waals surface area (Å²) in [7, 11) is 0. The van der Waals surface area contributed by atoms with Gasteiger partial charge in [0, 0.05) is 12.1 Å². The van der Waals surface area contributed by atoms with Gasteiger partial charge in [0.2, 0.25) is 5.91 Å². The molecule has 1 amide bonds. The summed E-state index contributed by atoms with van der Waals surface area (Å²) >= 11 is 0. The molecule has 0 spiro atoms. The number of nitriles is 1. The molecule has 0 aliphatic heterocycles. The van der Waals surface area contributed by atoms with E-state index in [0.29, 0.717) is 6.54 Å². The van der Waals surface area contributed by atoms with Crippen molar-refractivity contribution < 1.29 is 13.6 Å². The number of carbonyl (C=O) groups excluding carboxylic acids is 1. The van der Waals surface area contributed by atoms with Gasteiger partial charge >= 0.3 is 0 Å². The van der Waals surface area contributed by atoms with E-state index in [1.807, 2.05) is 6.07 Å². The first kappa shape index (κ1) is 13.1. The van der Waals surface area contributed by atoms with Gasteiger partial charge < -0.3 is 4.90 Å². The van der Waals surface area contributed by atoms with Crippen LogP contribution in [0.5, 0.6) is 0 Å². The molecule has 1 aromatic carbocycles. The third kappa shape index (κ3) is 3.25. The lowest BCUT2D eigenvalue weighted by Gasteiger charge is -2.17. The predicted octanol–water partition coefficient (Wildman–Crippen LogP) is 1.88. The van der Waals surface area contributed by atoms with Crippen LogP contribution in [0.3, 0.4) is 0 Å². The zero-order valence-electron chi connectivity index (χ0n) is 9.41. The lowest BCUT2D eigenvalue weighted by molar-refractivity contribution is -0.129. The molecule has 0 atom stereocenters. The highest BCUT2D eigenvalue weighted by Gasteiger charge is 2.17. The monoisotopic (exact) mass is 238 g/mol. The van der Waals surface area contributed by atoms with Gasteiger partial charge in [-0.15, -0.1) is 0 Å². The van der Waals surface area contributed by atoms with Crippen molar-refractivity contribution in [1.82, 2.24) is 4.90 Å². The van der Waals surface area contributed by atoms with E-state index in [1.165, 1.54) is 11.0 Å². The van der Waals surface area contributed by atoms with Crippen molar-refractivity contribution in [2.45, 2.75) is 13.3 Å². The highest BCUT2D eigenvalue weighted by atomic mass is 19.1. The van der Waals surface area contributed by atoms with Crippen molar-refractivity contribution in [2.24, 2.45) is 0 Å². The Kier molecular flexibility index (Phi) is 4.58. The number of nitrogens with zero attached hydrogens (tertiary/aromatic N) is 2. The first-order valence-electron chi connectivity index (χ1n) is 5.17. The normalized spacial score (nSPS) is 9.76. The Balaban J connectivity index is 2.84. The van der Waals surface area contributed by atoms with Crippen LogP contribution in [0.2, 0.25) is 0 Å². The minimum absolute atomic E-state index is 0.0780. The van der Waals surface area contributed by atoms with Gasteiger partial charge in [-0.1, -0.05) is 6.07 Å². The summed E-state index contributed by atoms with van der Waals surface area (Å²) < 4.78 is 26.6. The molecule has 0 bridgehead atoms. The number of rotatable bonds is 4. The fourth-order valence-electron chi connectivity index (χ4n) is 1.43. The number of hydrogen-bond acceptors (Lipinski definition) is 2. The number of likely N-dealkylation sites (N-methyl/N-ethyl adjacent to an activating group) is 1. The van der Waals surface area contributed by atoms with Crippen LogP contribution in [0.15, 0.2) is 18.2 Å². The molecule has 17 heavy (non-hydrogen) atoms. The van der Waals surface area contributed by atoms with Gasteiger partial charge in [-0.2, -0.15) is 5.26 Å². The molecule has 1 rings (SSSR count). The number of carbonyl (C=O) groups is 1. The Bertz CT molecular complexity index is 434. The lowest BCUT2D eigenvalue weighted by atomic mass is 10.1. The van der Waals surface area contributed by atoms with Crippen molar-refractivity contribution in [1.29, 1.82) is 5.26 Å². The smallest absolute Gasteiger partial charge is 0.228 e. The van der Waals surface area contributed by atoms with Crippen molar-refractivity contribution in [3.05, 3.63) is 35.4 Å². The Morgan fingerprint density at radius 2 is 2.00 bits per heavy atom. The maximum absolute atomic E-state index is 13.3. The summed E-state index contributed by atoms with van der Waals surface area (Å²) in [6.07, 6.45) is -0.367. The van der Waals surface area contributed by atoms with E-state index >= 15 is 0 Å². The molecule has 0 unspecified atom stereocenters. The van der Waals surface area contributed by atoms with Crippen LogP contribution in [0.1, 0.15) is 12.5 Å². The van der Waals surface area contributed by atoms with Crippen molar-refractivity contribution in [3.63, 3.8) is 0 Å². The Labute approximate surface area is 98.3 Å². The van der Waals surface area contributed by atoms with E-state index in [0.717, 1.165) is 12.1 Å². The molecule has 0 aliphatic rings. The van der Waals surface area contributed by atoms with Crippen LogP contribution >= 0.6 is 0 Å². The number of halogens is 2. The highest BCUT2D eigenvalue weighted by molar-refractivity contribution is 5.79. The molecule has 1 aromatic rings. The standard InChI is InChI=1S/C12H12F2N2O/c1-2-16(7-6-15)12(17)8-9-10(13)4-3-5-11(9)14/h3-5H,2,7-8H2,1H3. The highest BCUT2D eigenvalue weighted by Crippen LogP contribution is 2.13. The second kappa shape index (κ2) is 5.94. The summed E-state index contributed by atoms with van der Waals surface area (Å²) in [6.45, 7) is 1.96. The van der Waals surface area contributed by atoms with E-state index in [-0.39, 0.29) is 18.5 Å². The summed E-state index contributed by atoms with van der Waals surface area (Å²) in [5.41, 5.74) is -0.256. The summed E-state index contributed by atoms with van der Waals surface area (Å²) in [4.78, 5) is 12.9. The summed E-state index contributed by atoms with van der Waals surface area (Å²) in [5, 5.41) is 8.50. The zero-order chi connectivity index (χ0) is 12.8. The fraction of sp³-hybridized carbons (Fsp3) is 0.333. The van der Waals surface area contributed by atoms with E-state index in [9.17, 15) is 13.6 Å². The topological polar surface area (TPSA) is 44.1 Å². The molecule has 5 heteroatoms. The molecule has 0 aliphatic carbocycles. The first-order chi connectivity index (χ1) is 8.10. The minimum atomic E-state index is -0.744. The molecular formula is C12H12F2N2O. The molecule has 0 saturated carbocycles. The predicted molar refractivity (Wildman–Crippen MR) is 57.9 cm³/mol. The van der Waals surface area contributed by atoms with Crippen LogP contribution in [0.4, 0.5) is 8.78 Å². The van der Waals surface area contributed by atoms with Gasteiger partial charge in [0.15, 0.2) is 0 Å². The lowest BCUT2D eigenvalue weighted by Crippen LogP contribution is -2.32. The summed E-state index contributed by atoms with van der Waals surface area (Å²) in [5.74, 6) is -1.95. The van der Waals surface area contributed by atoms with Crippen molar-refractivity contribution in [3.8, 4) is 6.07 Å². The molecule has 90 valence electrons. The van der Waals surface area contributed by atoms with E-state index in [4.69, 9.17) is 5.26 Å². The minimum Gasteiger partial charge on any atom is -0.329 e. The zero-order valence-corrected chi connectivity index (χ0v) is 9.41. The van der Waals surface area contributed by atoms with Crippen LogP contribution < -0.4 is 0 Å². The number of hydrogen-bond donors (Lipinski definition) is 0. The first-order valence-corrected chi connectivity index (χ1v) is 5.17. The van der Waals surface area contributed by atoms with Gasteiger partial charge in [0.1, 0.15) is 18.2 Å². The second-order valence-corrected chi connectivity index (χ2v) is 3.44. The quantitative estimate of drug-likeness (QED) is 0.752. The van der Waals surface area contributed by atoms with Gasteiger partial charge in [0.25, 0.3) is 0 Å². The third-order valence-corrected chi connectivity index (χ3v) is 2.39. The van der Waals surface area contributed by atoms with Gasteiger partial charge in [-0.25, -0.2) is 8.78 Å². The van der Waals surface area contributed by atoms with Crippen molar-refractivity contribution >= 4 is 5.91 Å². The molecule has 0 aromatic heterocycles. The average Bonchev–Trinajstić information content (AvgIpc) is 2.30. The third-order valence-electron chi connectivity index (χ3n) is 2.39. The maximum atomic E-state index is 13.3. The molecular weight excluding hydrogens is 226 g/mol. The van der Waals surface area contributed by atoms with E-state index < -0.39 is 17.5 Å². The Morgan fingerprint density at radius 1 is 1.41 bits per heavy atom. The number of benzene rings is 1. The van der Waals surface area contributed by atoms with E-state index in [1.54, 1.807) is 6.92 Å². The largest absolute Gasteiger partial charge is 0.329 e. The molecule has 0 N–H and O–H groups in total. The van der Waals surface area contributed by atoms with E-state index in [2.05, 4.69) is 0 Å². The Hall–Kier alpha value is -1.96. The molecule has 0 heterocycles. The van der Waals surface area contributed by atoms with Crippen LogP contribution in [-0.4, -0.2) is 23.9 Å². The van der Waals surface area contributed by atoms with Gasteiger partial charge in [-0.3, -0.25) is 4.79 Å². The van der Waals surface area contributed by atoms with Gasteiger partial charge in [0.05, 0.1) is 12.5 Å². The van der Waals surface area contributed by atoms with Crippen LogP contribution in [0, 0.1) is 23.0 Å². The SMILES string of the molecule is CCN(CC#N)C(=O)Cc1c(F)cccc1F. The second-order valence-electron chi connectivity index (χ2n) is 3.44.